The second-order valence-corrected chi connectivity index (χ2v) is 16.7. The first-order chi connectivity index (χ1) is 24.6. The highest BCUT2D eigenvalue weighted by atomic mass is 15.1. The van der Waals surface area contributed by atoms with E-state index >= 15 is 0 Å². The summed E-state index contributed by atoms with van der Waals surface area (Å²) in [5, 5.41) is 10.1. The van der Waals surface area contributed by atoms with E-state index in [4.69, 9.17) is 0 Å². The second-order valence-electron chi connectivity index (χ2n) is 16.7. The van der Waals surface area contributed by atoms with Crippen molar-refractivity contribution in [3.05, 3.63) is 137 Å². The van der Waals surface area contributed by atoms with Crippen LogP contribution in [0.25, 0.3) is 22.3 Å². The Hall–Kier alpha value is -4.61. The Kier molecular flexibility index (Phi) is 6.10. The maximum Gasteiger partial charge on any atom is 0.0992 e. The van der Waals surface area contributed by atoms with Crippen molar-refractivity contribution in [1.29, 1.82) is 5.26 Å². The van der Waals surface area contributed by atoms with Crippen molar-refractivity contribution in [3.8, 4) is 28.3 Å². The summed E-state index contributed by atoms with van der Waals surface area (Å²) >= 11 is 0. The molecule has 2 heteroatoms. The SMILES string of the molecule is CCC1C[C@H]2CC[C@H](C2)[C@]12c1ccccc1-c1c(N(c3cccc(C#N)c3)c3ccc4c(c3)C3(CC5CCC3C5)c3ccccc3-4)cccc12. The lowest BCUT2D eigenvalue weighted by molar-refractivity contribution is 0.144. The molecule has 0 heterocycles. The topological polar surface area (TPSA) is 27.0 Å². The van der Waals surface area contributed by atoms with Gasteiger partial charge in [0.25, 0.3) is 0 Å². The number of hydrogen-bond acceptors (Lipinski definition) is 2. The summed E-state index contributed by atoms with van der Waals surface area (Å²) in [6, 6.07) is 44.1. The first kappa shape index (κ1) is 29.2. The maximum atomic E-state index is 10.1. The molecule has 11 rings (SSSR count). The fourth-order valence-electron chi connectivity index (χ4n) is 13.2. The van der Waals surface area contributed by atoms with Crippen molar-refractivity contribution in [3.63, 3.8) is 0 Å². The van der Waals surface area contributed by atoms with Crippen LogP contribution in [0, 0.1) is 40.9 Å². The molecule has 6 aliphatic carbocycles. The number of nitrogens with zero attached hydrogens (tertiary/aromatic N) is 2. The molecular weight excluding hydrogens is 605 g/mol. The van der Waals surface area contributed by atoms with E-state index in [1.807, 2.05) is 6.07 Å². The minimum Gasteiger partial charge on any atom is -0.310 e. The molecule has 5 aromatic carbocycles. The number of anilines is 3. The van der Waals surface area contributed by atoms with Gasteiger partial charge in [-0.15, -0.1) is 0 Å². The normalized spacial score (nSPS) is 30.3. The Morgan fingerprint density at radius 3 is 2.18 bits per heavy atom. The molecule has 0 saturated heterocycles. The van der Waals surface area contributed by atoms with E-state index in [1.54, 1.807) is 16.7 Å². The Morgan fingerprint density at radius 2 is 1.36 bits per heavy atom. The summed E-state index contributed by atoms with van der Waals surface area (Å²) in [6.07, 6.45) is 12.0. The molecule has 0 aromatic heterocycles. The molecule has 246 valence electrons. The summed E-state index contributed by atoms with van der Waals surface area (Å²) in [5.74, 6) is 3.76. The van der Waals surface area contributed by atoms with Crippen molar-refractivity contribution in [1.82, 2.24) is 0 Å². The molecule has 4 bridgehead atoms. The molecular formula is C48H44N2. The van der Waals surface area contributed by atoms with Gasteiger partial charge in [0.05, 0.1) is 17.3 Å². The zero-order valence-corrected chi connectivity index (χ0v) is 29.0. The Balaban J connectivity index is 1.17. The molecule has 5 aromatic rings. The summed E-state index contributed by atoms with van der Waals surface area (Å²) in [6.45, 7) is 2.44. The van der Waals surface area contributed by atoms with Gasteiger partial charge in [0.15, 0.2) is 0 Å². The zero-order chi connectivity index (χ0) is 33.2. The number of rotatable bonds is 4. The molecule has 4 unspecified atom stereocenters. The van der Waals surface area contributed by atoms with E-state index in [9.17, 15) is 5.26 Å². The lowest BCUT2D eigenvalue weighted by Crippen LogP contribution is -2.44. The van der Waals surface area contributed by atoms with Crippen molar-refractivity contribution >= 4 is 17.1 Å². The molecule has 50 heavy (non-hydrogen) atoms. The largest absolute Gasteiger partial charge is 0.310 e. The van der Waals surface area contributed by atoms with Crippen LogP contribution in [-0.2, 0) is 10.8 Å². The molecule has 0 amide bonds. The molecule has 0 aliphatic heterocycles. The molecule has 4 fully saturated rings. The lowest BCUT2D eigenvalue weighted by atomic mass is 9.55. The summed E-state index contributed by atoms with van der Waals surface area (Å²) in [4.78, 5) is 2.51. The van der Waals surface area contributed by atoms with Gasteiger partial charge in [0.2, 0.25) is 0 Å². The van der Waals surface area contributed by atoms with Crippen LogP contribution in [0.4, 0.5) is 17.1 Å². The van der Waals surface area contributed by atoms with Gasteiger partial charge in [-0.1, -0.05) is 99.0 Å². The van der Waals surface area contributed by atoms with Crippen LogP contribution < -0.4 is 4.90 Å². The highest BCUT2D eigenvalue weighted by molar-refractivity contribution is 5.96. The van der Waals surface area contributed by atoms with Crippen LogP contribution in [0.2, 0.25) is 0 Å². The van der Waals surface area contributed by atoms with Gasteiger partial charge in [-0.2, -0.15) is 5.26 Å². The van der Waals surface area contributed by atoms with Gasteiger partial charge in [0, 0.05) is 27.8 Å². The fourth-order valence-corrected chi connectivity index (χ4v) is 13.2. The van der Waals surface area contributed by atoms with Crippen LogP contribution in [0.15, 0.2) is 109 Å². The van der Waals surface area contributed by atoms with Crippen molar-refractivity contribution < 1.29 is 0 Å². The predicted molar refractivity (Wildman–Crippen MR) is 203 cm³/mol. The van der Waals surface area contributed by atoms with E-state index in [1.165, 1.54) is 97.0 Å². The molecule has 6 aliphatic rings. The van der Waals surface area contributed by atoms with Crippen molar-refractivity contribution in [2.45, 2.75) is 75.5 Å². The summed E-state index contributed by atoms with van der Waals surface area (Å²) < 4.78 is 0. The zero-order valence-electron chi connectivity index (χ0n) is 29.0. The third-order valence-electron chi connectivity index (χ3n) is 14.8. The minimum absolute atomic E-state index is 0.0661. The average molecular weight is 649 g/mol. The summed E-state index contributed by atoms with van der Waals surface area (Å²) in [5.41, 5.74) is 16.3. The Bertz CT molecular complexity index is 2260. The Morgan fingerprint density at radius 1 is 0.640 bits per heavy atom. The predicted octanol–water partition coefficient (Wildman–Crippen LogP) is 12.2. The number of benzene rings is 5. The molecule has 4 saturated carbocycles. The van der Waals surface area contributed by atoms with Gasteiger partial charge >= 0.3 is 0 Å². The highest BCUT2D eigenvalue weighted by Crippen LogP contribution is 2.68. The summed E-state index contributed by atoms with van der Waals surface area (Å²) in [7, 11) is 0. The second kappa shape index (κ2) is 10.5. The van der Waals surface area contributed by atoms with Crippen molar-refractivity contribution in [2.75, 3.05) is 4.90 Å². The number of hydrogen-bond donors (Lipinski definition) is 0. The van der Waals surface area contributed by atoms with Crippen LogP contribution in [0.5, 0.6) is 0 Å². The first-order valence-electron chi connectivity index (χ1n) is 19.4. The third-order valence-corrected chi connectivity index (χ3v) is 14.8. The first-order valence-corrected chi connectivity index (χ1v) is 19.4. The average Bonchev–Trinajstić information content (AvgIpc) is 3.99. The Labute approximate surface area is 296 Å². The van der Waals surface area contributed by atoms with E-state index in [0.29, 0.717) is 23.3 Å². The quantitative estimate of drug-likeness (QED) is 0.194. The van der Waals surface area contributed by atoms with Crippen molar-refractivity contribution in [2.24, 2.45) is 29.6 Å². The van der Waals surface area contributed by atoms with Gasteiger partial charge in [-0.05, 0) is 143 Å². The third kappa shape index (κ3) is 3.59. The van der Waals surface area contributed by atoms with E-state index in [2.05, 4.69) is 121 Å². The minimum atomic E-state index is 0.0661. The van der Waals surface area contributed by atoms with E-state index in [0.717, 1.165) is 17.5 Å². The highest BCUT2D eigenvalue weighted by Gasteiger charge is 2.59. The standard InChI is InChI=1S/C48H44N2/c1-2-33-23-30-17-20-35(24-30)48(33)42-14-6-4-12-40(42)46-43(48)15-8-16-45(46)50(36-10-7-9-32(26-36)29-49)37-21-22-39-38-11-3-5-13-41(38)47(44(39)27-37)28-31-18-19-34(47)25-31/h3-16,21-22,26-27,30-31,33-35H,2,17-20,23-25,28H2,1H3/t30-,31?,33?,34?,35-,47?,48+/m1/s1. The van der Waals surface area contributed by atoms with Crippen LogP contribution in [0.3, 0.4) is 0 Å². The molecule has 7 atom stereocenters. The number of fused-ring (bicyclic) bond motifs is 16. The van der Waals surface area contributed by atoms with Crippen LogP contribution in [0.1, 0.15) is 92.5 Å². The van der Waals surface area contributed by atoms with Crippen LogP contribution >= 0.6 is 0 Å². The molecule has 0 N–H and O–H groups in total. The molecule has 2 nitrogen and oxygen atoms in total. The molecule has 0 radical (unpaired) electrons. The smallest absolute Gasteiger partial charge is 0.0992 e. The maximum absolute atomic E-state index is 10.1. The van der Waals surface area contributed by atoms with E-state index in [-0.39, 0.29) is 10.8 Å². The van der Waals surface area contributed by atoms with Crippen LogP contribution in [-0.4, -0.2) is 0 Å². The molecule has 2 spiro atoms. The van der Waals surface area contributed by atoms with Gasteiger partial charge in [-0.3, -0.25) is 0 Å². The van der Waals surface area contributed by atoms with Gasteiger partial charge in [-0.25, -0.2) is 0 Å². The van der Waals surface area contributed by atoms with E-state index < -0.39 is 0 Å². The monoisotopic (exact) mass is 648 g/mol. The fraction of sp³-hybridized carbons (Fsp3) is 0.354. The number of nitriles is 1. The van der Waals surface area contributed by atoms with Gasteiger partial charge in [0.1, 0.15) is 0 Å². The lowest BCUT2D eigenvalue weighted by Gasteiger charge is -2.48. The van der Waals surface area contributed by atoms with Gasteiger partial charge < -0.3 is 4.90 Å².